The summed E-state index contributed by atoms with van der Waals surface area (Å²) >= 11 is 0. The Morgan fingerprint density at radius 3 is 3.05 bits per heavy atom. The number of carbonyl (C=O) groups is 1. The normalized spacial score (nSPS) is 10.3. The monoisotopic (exact) mass is 281 g/mol. The number of halogens is 1. The number of fused-ring (bicyclic) bond motifs is 1. The molecule has 0 aliphatic heterocycles. The topological polar surface area (TPSA) is 83.1 Å². The van der Waals surface area contributed by atoms with Crippen LogP contribution in [-0.4, -0.2) is 20.5 Å². The lowest BCUT2D eigenvalue weighted by atomic mass is 10.1. The van der Waals surface area contributed by atoms with Crippen molar-refractivity contribution in [1.29, 1.82) is 5.26 Å². The van der Waals surface area contributed by atoms with Crippen LogP contribution in [0, 0.1) is 17.1 Å². The molecule has 0 atom stereocenters. The maximum atomic E-state index is 13.1. The smallest absolute Gasteiger partial charge is 0.259 e. The van der Waals surface area contributed by atoms with E-state index in [1.807, 2.05) is 6.07 Å². The Morgan fingerprint density at radius 2 is 2.24 bits per heavy atom. The lowest BCUT2D eigenvalue weighted by Crippen LogP contribution is -2.12. The van der Waals surface area contributed by atoms with Crippen molar-refractivity contribution in [2.24, 2.45) is 0 Å². The van der Waals surface area contributed by atoms with Gasteiger partial charge in [-0.05, 0) is 18.2 Å². The Bertz CT molecular complexity index is 880. The average molecular weight is 281 g/mol. The molecule has 1 N–H and O–H groups in total. The predicted octanol–water partition coefficient (Wildman–Crippen LogP) is 1.99. The highest BCUT2D eigenvalue weighted by Gasteiger charge is 2.14. The third-order valence-corrected chi connectivity index (χ3v) is 2.92. The third kappa shape index (κ3) is 2.30. The highest BCUT2D eigenvalue weighted by molar-refractivity contribution is 6.09. The fourth-order valence-electron chi connectivity index (χ4n) is 1.92. The van der Waals surface area contributed by atoms with E-state index in [4.69, 9.17) is 5.26 Å². The van der Waals surface area contributed by atoms with E-state index >= 15 is 0 Å². The summed E-state index contributed by atoms with van der Waals surface area (Å²) in [5, 5.41) is 15.6. The molecule has 0 unspecified atom stereocenters. The van der Waals surface area contributed by atoms with Crippen molar-refractivity contribution in [3.05, 3.63) is 59.9 Å². The molecule has 102 valence electrons. The van der Waals surface area contributed by atoms with E-state index in [0.29, 0.717) is 11.1 Å². The van der Waals surface area contributed by atoms with Gasteiger partial charge < -0.3 is 5.32 Å². The van der Waals surface area contributed by atoms with E-state index in [0.717, 1.165) is 6.07 Å². The minimum Gasteiger partial charge on any atom is -0.321 e. The van der Waals surface area contributed by atoms with Gasteiger partial charge >= 0.3 is 0 Å². The first-order chi connectivity index (χ1) is 10.2. The summed E-state index contributed by atoms with van der Waals surface area (Å²) in [7, 11) is 0. The van der Waals surface area contributed by atoms with Crippen LogP contribution in [0.25, 0.3) is 5.52 Å². The van der Waals surface area contributed by atoms with Crippen molar-refractivity contribution in [1.82, 2.24) is 14.6 Å². The SMILES string of the molecule is N#Cc1cc(F)ccc1NC(=O)c1cnn2ccncc12. The van der Waals surface area contributed by atoms with Crippen molar-refractivity contribution in [3.8, 4) is 6.07 Å². The number of hydrogen-bond donors (Lipinski definition) is 1. The summed E-state index contributed by atoms with van der Waals surface area (Å²) in [4.78, 5) is 16.2. The first-order valence-corrected chi connectivity index (χ1v) is 5.97. The Morgan fingerprint density at radius 1 is 1.38 bits per heavy atom. The molecule has 0 radical (unpaired) electrons. The van der Waals surface area contributed by atoms with Crippen LogP contribution in [-0.2, 0) is 0 Å². The average Bonchev–Trinajstić information content (AvgIpc) is 2.93. The minimum atomic E-state index is -0.537. The number of nitrogens with one attached hydrogen (secondary N) is 1. The lowest BCUT2D eigenvalue weighted by molar-refractivity contribution is 0.102. The van der Waals surface area contributed by atoms with Gasteiger partial charge in [-0.25, -0.2) is 8.91 Å². The number of aromatic nitrogens is 3. The molecule has 3 aromatic rings. The van der Waals surface area contributed by atoms with Gasteiger partial charge in [-0.15, -0.1) is 0 Å². The maximum Gasteiger partial charge on any atom is 0.259 e. The summed E-state index contributed by atoms with van der Waals surface area (Å²) in [6, 6.07) is 5.42. The highest BCUT2D eigenvalue weighted by Crippen LogP contribution is 2.18. The molecule has 2 aromatic heterocycles. The Balaban J connectivity index is 1.96. The van der Waals surface area contributed by atoms with Crippen LogP contribution in [0.15, 0.2) is 43.0 Å². The minimum absolute atomic E-state index is 0.0537. The number of rotatable bonds is 2. The number of hydrogen-bond acceptors (Lipinski definition) is 4. The lowest BCUT2D eigenvalue weighted by Gasteiger charge is -2.06. The summed E-state index contributed by atoms with van der Waals surface area (Å²) in [5.74, 6) is -0.981. The first-order valence-electron chi connectivity index (χ1n) is 5.97. The maximum absolute atomic E-state index is 13.1. The van der Waals surface area contributed by atoms with E-state index in [-0.39, 0.29) is 11.3 Å². The second kappa shape index (κ2) is 5.02. The molecule has 0 saturated heterocycles. The van der Waals surface area contributed by atoms with Gasteiger partial charge in [-0.1, -0.05) is 0 Å². The fraction of sp³-hybridized carbons (Fsp3) is 0. The van der Waals surface area contributed by atoms with Crippen molar-refractivity contribution < 1.29 is 9.18 Å². The second-order valence-corrected chi connectivity index (χ2v) is 4.22. The van der Waals surface area contributed by atoms with Crippen LogP contribution in [0.1, 0.15) is 15.9 Å². The van der Waals surface area contributed by atoms with Gasteiger partial charge in [0.1, 0.15) is 11.9 Å². The Hall–Kier alpha value is -3.27. The molecule has 0 bridgehead atoms. The van der Waals surface area contributed by atoms with Crippen molar-refractivity contribution >= 4 is 17.1 Å². The quantitative estimate of drug-likeness (QED) is 0.778. The zero-order valence-corrected chi connectivity index (χ0v) is 10.6. The van der Waals surface area contributed by atoms with Crippen LogP contribution in [0.2, 0.25) is 0 Å². The summed E-state index contributed by atoms with van der Waals surface area (Å²) in [6.45, 7) is 0. The number of anilines is 1. The van der Waals surface area contributed by atoms with Crippen LogP contribution in [0.4, 0.5) is 10.1 Å². The van der Waals surface area contributed by atoms with Crippen LogP contribution < -0.4 is 5.32 Å². The zero-order valence-electron chi connectivity index (χ0n) is 10.6. The summed E-state index contributed by atoms with van der Waals surface area (Å²) in [5.41, 5.74) is 1.15. The molecule has 0 saturated carbocycles. The van der Waals surface area contributed by atoms with E-state index in [1.165, 1.54) is 29.0 Å². The first kappa shape index (κ1) is 12.7. The van der Waals surface area contributed by atoms with Gasteiger partial charge in [0.25, 0.3) is 5.91 Å². The van der Waals surface area contributed by atoms with Gasteiger partial charge in [0.2, 0.25) is 0 Å². The molecule has 0 aliphatic carbocycles. The van der Waals surface area contributed by atoms with Gasteiger partial charge in [0.05, 0.1) is 34.7 Å². The van der Waals surface area contributed by atoms with E-state index in [1.54, 1.807) is 12.4 Å². The molecule has 0 aliphatic rings. The molecular weight excluding hydrogens is 273 g/mol. The van der Waals surface area contributed by atoms with Gasteiger partial charge in [-0.2, -0.15) is 10.4 Å². The molecule has 1 aromatic carbocycles. The zero-order chi connectivity index (χ0) is 14.8. The Labute approximate surface area is 118 Å². The van der Waals surface area contributed by atoms with Crippen molar-refractivity contribution in [2.45, 2.75) is 0 Å². The van der Waals surface area contributed by atoms with E-state index in [2.05, 4.69) is 15.4 Å². The van der Waals surface area contributed by atoms with Crippen molar-refractivity contribution in [2.75, 3.05) is 5.32 Å². The molecule has 0 fully saturated rings. The van der Waals surface area contributed by atoms with Crippen molar-refractivity contribution in [3.63, 3.8) is 0 Å². The van der Waals surface area contributed by atoms with E-state index in [9.17, 15) is 9.18 Å². The summed E-state index contributed by atoms with van der Waals surface area (Å²) < 4.78 is 14.6. The standard InChI is InChI=1S/C14H8FN5O/c15-10-1-2-12(9(5-10)6-16)19-14(21)11-7-18-20-4-3-17-8-13(11)20/h1-5,7-8H,(H,19,21). The Kier molecular flexibility index (Phi) is 3.04. The molecule has 1 amide bonds. The van der Waals surface area contributed by atoms with Crippen LogP contribution >= 0.6 is 0 Å². The number of amides is 1. The van der Waals surface area contributed by atoms with Gasteiger partial charge in [0.15, 0.2) is 0 Å². The largest absolute Gasteiger partial charge is 0.321 e. The van der Waals surface area contributed by atoms with Crippen LogP contribution in [0.5, 0.6) is 0 Å². The van der Waals surface area contributed by atoms with Gasteiger partial charge in [0, 0.05) is 12.4 Å². The molecule has 0 spiro atoms. The number of nitrogens with zero attached hydrogens (tertiary/aromatic N) is 4. The predicted molar refractivity (Wildman–Crippen MR) is 72.1 cm³/mol. The molecular formula is C14H8FN5O. The number of nitriles is 1. The molecule has 21 heavy (non-hydrogen) atoms. The number of carbonyl (C=O) groups excluding carboxylic acids is 1. The molecule has 3 rings (SSSR count). The highest BCUT2D eigenvalue weighted by atomic mass is 19.1. The summed E-state index contributed by atoms with van der Waals surface area (Å²) in [6.07, 6.45) is 6.08. The number of benzene rings is 1. The van der Waals surface area contributed by atoms with Gasteiger partial charge in [-0.3, -0.25) is 9.78 Å². The molecule has 7 heteroatoms. The van der Waals surface area contributed by atoms with E-state index < -0.39 is 11.7 Å². The van der Waals surface area contributed by atoms with Crippen LogP contribution in [0.3, 0.4) is 0 Å². The fourth-order valence-corrected chi connectivity index (χ4v) is 1.92. The molecule has 2 heterocycles. The third-order valence-electron chi connectivity index (χ3n) is 2.92. The second-order valence-electron chi connectivity index (χ2n) is 4.22. The molecule has 6 nitrogen and oxygen atoms in total.